The summed E-state index contributed by atoms with van der Waals surface area (Å²) < 4.78 is 0. The van der Waals surface area contributed by atoms with Crippen LogP contribution >= 0.6 is 0 Å². The second kappa shape index (κ2) is 7.58. The summed E-state index contributed by atoms with van der Waals surface area (Å²) in [7, 11) is 0. The van der Waals surface area contributed by atoms with Crippen LogP contribution in [-0.4, -0.2) is 6.04 Å². The highest BCUT2D eigenvalue weighted by Crippen LogP contribution is 2.16. The Morgan fingerprint density at radius 2 is 1.67 bits per heavy atom. The van der Waals surface area contributed by atoms with Crippen molar-refractivity contribution in [2.45, 2.75) is 72.9 Å². The van der Waals surface area contributed by atoms with E-state index in [0.29, 0.717) is 6.04 Å². The first kappa shape index (κ1) is 15.2. The van der Waals surface area contributed by atoms with Crippen molar-refractivity contribution < 1.29 is 0 Å². The number of hydrogen-bond acceptors (Lipinski definition) is 1. The largest absolute Gasteiger partial charge is 0.310 e. The van der Waals surface area contributed by atoms with Crippen molar-refractivity contribution in [3.63, 3.8) is 0 Å². The number of hydrogen-bond donors (Lipinski definition) is 1. The Hall–Kier alpha value is -0.820. The molecule has 0 heterocycles. The van der Waals surface area contributed by atoms with E-state index in [1.807, 2.05) is 0 Å². The summed E-state index contributed by atoms with van der Waals surface area (Å²) in [6, 6.07) is 5.19. The Morgan fingerprint density at radius 3 is 2.22 bits per heavy atom. The summed E-state index contributed by atoms with van der Waals surface area (Å²) >= 11 is 0. The van der Waals surface area contributed by atoms with E-state index in [2.05, 4.69) is 52.1 Å². The fraction of sp³-hybridized carbons (Fsp3) is 0.647. The molecule has 0 bridgehead atoms. The van der Waals surface area contributed by atoms with Gasteiger partial charge in [0.05, 0.1) is 0 Å². The molecule has 0 aromatic heterocycles. The maximum absolute atomic E-state index is 3.66. The molecular formula is C17H29N. The first-order valence-corrected chi connectivity index (χ1v) is 7.34. The number of nitrogens with one attached hydrogen (secondary N) is 1. The van der Waals surface area contributed by atoms with Gasteiger partial charge in [-0.05, 0) is 50.8 Å². The molecule has 1 N–H and O–H groups in total. The maximum atomic E-state index is 3.66. The topological polar surface area (TPSA) is 12.0 Å². The Bertz CT molecular complexity index is 345. The van der Waals surface area contributed by atoms with E-state index < -0.39 is 0 Å². The van der Waals surface area contributed by atoms with E-state index in [9.17, 15) is 0 Å². The summed E-state index contributed by atoms with van der Waals surface area (Å²) in [5, 5.41) is 3.66. The molecule has 1 nitrogen and oxygen atoms in total. The van der Waals surface area contributed by atoms with Gasteiger partial charge in [0.2, 0.25) is 0 Å². The number of benzene rings is 1. The predicted molar refractivity (Wildman–Crippen MR) is 81.1 cm³/mol. The molecule has 1 rings (SSSR count). The zero-order valence-electron chi connectivity index (χ0n) is 12.8. The molecule has 102 valence electrons. The Morgan fingerprint density at radius 1 is 1.06 bits per heavy atom. The van der Waals surface area contributed by atoms with Gasteiger partial charge in [0, 0.05) is 12.6 Å². The van der Waals surface area contributed by atoms with Crippen molar-refractivity contribution in [3.05, 3.63) is 34.4 Å². The predicted octanol–water partition coefficient (Wildman–Crippen LogP) is 4.67. The van der Waals surface area contributed by atoms with Crippen LogP contribution in [0.5, 0.6) is 0 Å². The van der Waals surface area contributed by atoms with E-state index in [-0.39, 0.29) is 0 Å². The van der Waals surface area contributed by atoms with Crippen molar-refractivity contribution in [2.75, 3.05) is 0 Å². The molecule has 1 atom stereocenters. The lowest BCUT2D eigenvalue weighted by Gasteiger charge is -2.17. The third kappa shape index (κ3) is 4.81. The second-order valence-corrected chi connectivity index (χ2v) is 5.66. The van der Waals surface area contributed by atoms with E-state index in [4.69, 9.17) is 0 Å². The first-order chi connectivity index (χ1) is 8.54. The van der Waals surface area contributed by atoms with Gasteiger partial charge in [0.25, 0.3) is 0 Å². The van der Waals surface area contributed by atoms with E-state index in [1.54, 1.807) is 0 Å². The quantitative estimate of drug-likeness (QED) is 0.690. The van der Waals surface area contributed by atoms with Gasteiger partial charge < -0.3 is 5.32 Å². The van der Waals surface area contributed by atoms with Gasteiger partial charge in [0.15, 0.2) is 0 Å². The smallest absolute Gasteiger partial charge is 0.0213 e. The summed E-state index contributed by atoms with van der Waals surface area (Å²) in [6.07, 6.45) is 5.30. The molecule has 1 heteroatoms. The minimum Gasteiger partial charge on any atom is -0.310 e. The van der Waals surface area contributed by atoms with Crippen LogP contribution in [0.3, 0.4) is 0 Å². The average molecular weight is 247 g/mol. The second-order valence-electron chi connectivity index (χ2n) is 5.66. The minimum atomic E-state index is 0.622. The fourth-order valence-corrected chi connectivity index (χ4v) is 2.57. The van der Waals surface area contributed by atoms with Gasteiger partial charge in [-0.25, -0.2) is 0 Å². The lowest BCUT2D eigenvalue weighted by molar-refractivity contribution is 0.486. The summed E-state index contributed by atoms with van der Waals surface area (Å²) in [5.74, 6) is 0. The Kier molecular flexibility index (Phi) is 6.42. The monoisotopic (exact) mass is 247 g/mol. The lowest BCUT2D eigenvalue weighted by Crippen LogP contribution is -2.26. The van der Waals surface area contributed by atoms with Crippen LogP contribution in [0.4, 0.5) is 0 Å². The number of rotatable bonds is 7. The molecule has 0 amide bonds. The van der Waals surface area contributed by atoms with Crippen molar-refractivity contribution >= 4 is 0 Å². The molecular weight excluding hydrogens is 218 g/mol. The van der Waals surface area contributed by atoms with Crippen LogP contribution in [0, 0.1) is 20.8 Å². The molecule has 0 saturated carbocycles. The van der Waals surface area contributed by atoms with Crippen LogP contribution in [0.15, 0.2) is 12.1 Å². The van der Waals surface area contributed by atoms with E-state index in [0.717, 1.165) is 6.54 Å². The number of aryl methyl sites for hydroxylation is 3. The summed E-state index contributed by atoms with van der Waals surface area (Å²) in [6.45, 7) is 12.2. The molecule has 18 heavy (non-hydrogen) atoms. The van der Waals surface area contributed by atoms with Gasteiger partial charge in [0.1, 0.15) is 0 Å². The van der Waals surface area contributed by atoms with Gasteiger partial charge >= 0.3 is 0 Å². The Balaban J connectivity index is 2.48. The molecule has 0 aliphatic rings. The highest BCUT2D eigenvalue weighted by molar-refractivity contribution is 5.37. The highest BCUT2D eigenvalue weighted by atomic mass is 14.9. The van der Waals surface area contributed by atoms with Crippen LogP contribution in [0.25, 0.3) is 0 Å². The highest BCUT2D eigenvalue weighted by Gasteiger charge is 2.06. The molecule has 0 fully saturated rings. The maximum Gasteiger partial charge on any atom is 0.0213 e. The van der Waals surface area contributed by atoms with Crippen molar-refractivity contribution in [1.29, 1.82) is 0 Å². The lowest BCUT2D eigenvalue weighted by atomic mass is 9.99. The SMILES string of the molecule is CCCCC[C@H](C)NCc1c(C)cc(C)cc1C. The van der Waals surface area contributed by atoms with E-state index >= 15 is 0 Å². The fourth-order valence-electron chi connectivity index (χ4n) is 2.57. The van der Waals surface area contributed by atoms with Crippen molar-refractivity contribution in [2.24, 2.45) is 0 Å². The van der Waals surface area contributed by atoms with Gasteiger partial charge in [-0.3, -0.25) is 0 Å². The van der Waals surface area contributed by atoms with Crippen molar-refractivity contribution in [1.82, 2.24) is 5.32 Å². The minimum absolute atomic E-state index is 0.622. The number of unbranched alkanes of at least 4 members (excludes halogenated alkanes) is 2. The molecule has 0 aliphatic heterocycles. The Labute approximate surface area is 113 Å². The van der Waals surface area contributed by atoms with Gasteiger partial charge in [-0.2, -0.15) is 0 Å². The molecule has 0 saturated heterocycles. The third-order valence-electron chi connectivity index (χ3n) is 3.71. The van der Waals surface area contributed by atoms with Crippen LogP contribution in [-0.2, 0) is 6.54 Å². The molecule has 0 radical (unpaired) electrons. The molecule has 1 aromatic rings. The van der Waals surface area contributed by atoms with Crippen molar-refractivity contribution in [3.8, 4) is 0 Å². The average Bonchev–Trinajstić information content (AvgIpc) is 2.27. The standard InChI is InChI=1S/C17H29N/c1-6-7-8-9-16(5)18-12-17-14(3)10-13(2)11-15(17)4/h10-11,16,18H,6-9,12H2,1-5H3/t16-/m0/s1. The third-order valence-corrected chi connectivity index (χ3v) is 3.71. The molecule has 0 aliphatic carbocycles. The zero-order chi connectivity index (χ0) is 13.5. The van der Waals surface area contributed by atoms with Crippen LogP contribution < -0.4 is 5.32 Å². The normalized spacial score (nSPS) is 12.7. The first-order valence-electron chi connectivity index (χ1n) is 7.34. The molecule has 1 aromatic carbocycles. The van der Waals surface area contributed by atoms with Crippen LogP contribution in [0.2, 0.25) is 0 Å². The molecule has 0 spiro atoms. The summed E-state index contributed by atoms with van der Waals surface area (Å²) in [4.78, 5) is 0. The molecule has 0 unspecified atom stereocenters. The van der Waals surface area contributed by atoms with Crippen LogP contribution in [0.1, 0.15) is 61.8 Å². The van der Waals surface area contributed by atoms with E-state index in [1.165, 1.54) is 47.9 Å². The summed E-state index contributed by atoms with van der Waals surface area (Å²) in [5.41, 5.74) is 5.68. The van der Waals surface area contributed by atoms with Gasteiger partial charge in [-0.1, -0.05) is 43.9 Å². The van der Waals surface area contributed by atoms with Gasteiger partial charge in [-0.15, -0.1) is 0 Å². The zero-order valence-corrected chi connectivity index (χ0v) is 12.8.